The molecule has 0 bridgehead atoms. The van der Waals surface area contributed by atoms with Crippen molar-refractivity contribution >= 4 is 11.9 Å². The minimum absolute atomic E-state index is 0.0208. The number of methoxy groups -OCH3 is 1. The number of carbonyl (C=O) groups is 2. The van der Waals surface area contributed by atoms with Crippen molar-refractivity contribution in [3.05, 3.63) is 29.8 Å². The highest BCUT2D eigenvalue weighted by molar-refractivity contribution is 5.80. The summed E-state index contributed by atoms with van der Waals surface area (Å²) in [6.45, 7) is 6.96. The van der Waals surface area contributed by atoms with Crippen LogP contribution >= 0.6 is 0 Å². The molecule has 23 heavy (non-hydrogen) atoms. The van der Waals surface area contributed by atoms with Crippen molar-refractivity contribution in [2.24, 2.45) is 0 Å². The fraction of sp³-hybridized carbons (Fsp3) is 0.556. The number of benzene rings is 1. The number of amides is 1. The van der Waals surface area contributed by atoms with Gasteiger partial charge in [0, 0.05) is 12.6 Å². The molecule has 0 aliphatic carbocycles. The molecule has 0 aromatic heterocycles. The van der Waals surface area contributed by atoms with E-state index in [2.05, 4.69) is 4.74 Å². The SMILES string of the molecule is CCOc1ccc(CC(=O)N(CCC(=O)OC)C(C)CC)cc1. The number of hydrogen-bond acceptors (Lipinski definition) is 4. The molecule has 0 saturated heterocycles. The lowest BCUT2D eigenvalue weighted by Crippen LogP contribution is -2.40. The van der Waals surface area contributed by atoms with Crippen molar-refractivity contribution in [1.82, 2.24) is 4.90 Å². The molecule has 1 unspecified atom stereocenters. The number of esters is 1. The van der Waals surface area contributed by atoms with Gasteiger partial charge in [0.2, 0.25) is 5.91 Å². The van der Waals surface area contributed by atoms with Crippen molar-refractivity contribution in [2.75, 3.05) is 20.3 Å². The predicted molar refractivity (Wildman–Crippen MR) is 89.4 cm³/mol. The Morgan fingerprint density at radius 2 is 1.83 bits per heavy atom. The Bertz CT molecular complexity index is 498. The molecule has 0 radical (unpaired) electrons. The summed E-state index contributed by atoms with van der Waals surface area (Å²) < 4.78 is 10.1. The number of nitrogens with zero attached hydrogens (tertiary/aromatic N) is 1. The van der Waals surface area contributed by atoms with Gasteiger partial charge in [-0.15, -0.1) is 0 Å². The highest BCUT2D eigenvalue weighted by Gasteiger charge is 2.20. The summed E-state index contributed by atoms with van der Waals surface area (Å²) in [6, 6.07) is 7.63. The van der Waals surface area contributed by atoms with Gasteiger partial charge in [0.25, 0.3) is 0 Å². The van der Waals surface area contributed by atoms with E-state index in [-0.39, 0.29) is 24.3 Å². The molecule has 0 aliphatic rings. The van der Waals surface area contributed by atoms with Crippen molar-refractivity contribution in [2.45, 2.75) is 46.1 Å². The monoisotopic (exact) mass is 321 g/mol. The summed E-state index contributed by atoms with van der Waals surface area (Å²) in [6.07, 6.45) is 1.38. The van der Waals surface area contributed by atoms with E-state index in [0.717, 1.165) is 17.7 Å². The van der Waals surface area contributed by atoms with Crippen LogP contribution in [0.5, 0.6) is 5.75 Å². The Balaban J connectivity index is 2.70. The molecule has 1 atom stereocenters. The first-order chi connectivity index (χ1) is 11.0. The lowest BCUT2D eigenvalue weighted by atomic mass is 10.1. The molecule has 0 fully saturated rings. The molecule has 1 aromatic rings. The Morgan fingerprint density at radius 3 is 2.35 bits per heavy atom. The molecular formula is C18H27NO4. The van der Waals surface area contributed by atoms with Gasteiger partial charge in [-0.05, 0) is 38.0 Å². The molecule has 0 N–H and O–H groups in total. The van der Waals surface area contributed by atoms with Crippen LogP contribution in [-0.4, -0.2) is 43.1 Å². The summed E-state index contributed by atoms with van der Waals surface area (Å²) in [5, 5.41) is 0. The Labute approximate surface area is 138 Å². The molecule has 0 spiro atoms. The van der Waals surface area contributed by atoms with Crippen LogP contribution in [0.15, 0.2) is 24.3 Å². The zero-order chi connectivity index (χ0) is 17.2. The van der Waals surface area contributed by atoms with Crippen LogP contribution < -0.4 is 4.74 Å². The molecule has 0 aliphatic heterocycles. The van der Waals surface area contributed by atoms with Crippen molar-refractivity contribution in [3.63, 3.8) is 0 Å². The molecular weight excluding hydrogens is 294 g/mol. The second kappa shape index (κ2) is 9.87. The van der Waals surface area contributed by atoms with Crippen LogP contribution in [0.3, 0.4) is 0 Å². The van der Waals surface area contributed by atoms with E-state index < -0.39 is 0 Å². The lowest BCUT2D eigenvalue weighted by Gasteiger charge is -2.28. The van der Waals surface area contributed by atoms with E-state index in [1.807, 2.05) is 45.0 Å². The number of ether oxygens (including phenoxy) is 2. The van der Waals surface area contributed by atoms with Crippen LogP contribution in [-0.2, 0) is 20.7 Å². The minimum atomic E-state index is -0.299. The van der Waals surface area contributed by atoms with Crippen LogP contribution in [0, 0.1) is 0 Å². The maximum Gasteiger partial charge on any atom is 0.307 e. The molecule has 1 amide bonds. The smallest absolute Gasteiger partial charge is 0.307 e. The van der Waals surface area contributed by atoms with E-state index in [9.17, 15) is 9.59 Å². The van der Waals surface area contributed by atoms with E-state index >= 15 is 0 Å². The molecule has 0 saturated carbocycles. The third-order valence-corrected chi connectivity index (χ3v) is 3.82. The van der Waals surface area contributed by atoms with Crippen molar-refractivity contribution < 1.29 is 19.1 Å². The molecule has 5 nitrogen and oxygen atoms in total. The highest BCUT2D eigenvalue weighted by atomic mass is 16.5. The second-order valence-corrected chi connectivity index (χ2v) is 5.42. The number of carbonyl (C=O) groups excluding carboxylic acids is 2. The molecule has 1 rings (SSSR count). The van der Waals surface area contributed by atoms with Gasteiger partial charge in [0.05, 0.1) is 26.6 Å². The number of hydrogen-bond donors (Lipinski definition) is 0. The van der Waals surface area contributed by atoms with Crippen molar-refractivity contribution in [1.29, 1.82) is 0 Å². The van der Waals surface area contributed by atoms with E-state index in [1.165, 1.54) is 7.11 Å². The maximum absolute atomic E-state index is 12.6. The normalized spacial score (nSPS) is 11.7. The van der Waals surface area contributed by atoms with Gasteiger partial charge in [-0.1, -0.05) is 19.1 Å². The topological polar surface area (TPSA) is 55.8 Å². The Morgan fingerprint density at radius 1 is 1.17 bits per heavy atom. The summed E-state index contributed by atoms with van der Waals surface area (Å²) >= 11 is 0. The van der Waals surface area contributed by atoms with Gasteiger partial charge < -0.3 is 14.4 Å². The second-order valence-electron chi connectivity index (χ2n) is 5.42. The fourth-order valence-corrected chi connectivity index (χ4v) is 2.27. The van der Waals surface area contributed by atoms with Crippen LogP contribution in [0.25, 0.3) is 0 Å². The highest BCUT2D eigenvalue weighted by Crippen LogP contribution is 2.14. The molecule has 128 valence electrons. The lowest BCUT2D eigenvalue weighted by molar-refractivity contribution is -0.142. The minimum Gasteiger partial charge on any atom is -0.494 e. The predicted octanol–water partition coefficient (Wildman–Crippen LogP) is 2.82. The standard InChI is InChI=1S/C18H27NO4/c1-5-14(3)19(12-11-18(21)22-4)17(20)13-15-7-9-16(10-8-15)23-6-2/h7-10,14H,5-6,11-13H2,1-4H3. The maximum atomic E-state index is 12.6. The van der Waals surface area contributed by atoms with Gasteiger partial charge in [0.1, 0.15) is 5.75 Å². The molecule has 5 heteroatoms. The average Bonchev–Trinajstić information content (AvgIpc) is 2.56. The summed E-state index contributed by atoms with van der Waals surface area (Å²) in [4.78, 5) is 25.7. The van der Waals surface area contributed by atoms with Gasteiger partial charge in [-0.2, -0.15) is 0 Å². The fourth-order valence-electron chi connectivity index (χ4n) is 2.27. The largest absolute Gasteiger partial charge is 0.494 e. The van der Waals surface area contributed by atoms with E-state index in [0.29, 0.717) is 19.6 Å². The first-order valence-corrected chi connectivity index (χ1v) is 8.09. The Kier molecular flexibility index (Phi) is 8.16. The van der Waals surface area contributed by atoms with Gasteiger partial charge >= 0.3 is 5.97 Å². The molecule has 0 heterocycles. The van der Waals surface area contributed by atoms with E-state index in [4.69, 9.17) is 4.74 Å². The molecule has 1 aromatic carbocycles. The first kappa shape index (κ1) is 19.0. The summed E-state index contributed by atoms with van der Waals surface area (Å²) in [7, 11) is 1.36. The first-order valence-electron chi connectivity index (χ1n) is 8.09. The quantitative estimate of drug-likeness (QED) is 0.656. The summed E-state index contributed by atoms with van der Waals surface area (Å²) in [5.74, 6) is 0.521. The van der Waals surface area contributed by atoms with Crippen LogP contribution in [0.4, 0.5) is 0 Å². The van der Waals surface area contributed by atoms with Gasteiger partial charge in [-0.25, -0.2) is 0 Å². The van der Waals surface area contributed by atoms with Gasteiger partial charge in [-0.3, -0.25) is 9.59 Å². The van der Waals surface area contributed by atoms with Gasteiger partial charge in [0.15, 0.2) is 0 Å². The number of rotatable bonds is 9. The van der Waals surface area contributed by atoms with Crippen LogP contribution in [0.2, 0.25) is 0 Å². The van der Waals surface area contributed by atoms with Crippen LogP contribution in [0.1, 0.15) is 39.2 Å². The zero-order valence-corrected chi connectivity index (χ0v) is 14.5. The van der Waals surface area contributed by atoms with Crippen molar-refractivity contribution in [3.8, 4) is 5.75 Å². The van der Waals surface area contributed by atoms with E-state index in [1.54, 1.807) is 4.90 Å². The third kappa shape index (κ3) is 6.30. The summed E-state index contributed by atoms with van der Waals surface area (Å²) in [5.41, 5.74) is 0.935. The average molecular weight is 321 g/mol. The zero-order valence-electron chi connectivity index (χ0n) is 14.5. The third-order valence-electron chi connectivity index (χ3n) is 3.82. The Hall–Kier alpha value is -2.04.